The summed E-state index contributed by atoms with van der Waals surface area (Å²) >= 11 is 3.32. The number of benzene rings is 2. The molecule has 5 nitrogen and oxygen atoms in total. The van der Waals surface area contributed by atoms with Crippen molar-refractivity contribution in [3.8, 4) is 0 Å². The number of amides is 1. The molecule has 0 atom stereocenters. The van der Waals surface area contributed by atoms with Crippen LogP contribution in [0.25, 0.3) is 0 Å². The van der Waals surface area contributed by atoms with E-state index in [9.17, 15) is 13.2 Å². The van der Waals surface area contributed by atoms with Crippen LogP contribution in [-0.4, -0.2) is 27.1 Å². The highest BCUT2D eigenvalue weighted by Gasteiger charge is 2.22. The summed E-state index contributed by atoms with van der Waals surface area (Å²) in [5.41, 5.74) is 1.90. The van der Waals surface area contributed by atoms with Crippen LogP contribution in [0.1, 0.15) is 5.56 Å². The zero-order chi connectivity index (χ0) is 17.0. The lowest BCUT2D eigenvalue weighted by atomic mass is 10.2. The molecule has 0 unspecified atom stereocenters. The highest BCUT2D eigenvalue weighted by molar-refractivity contribution is 9.10. The van der Waals surface area contributed by atoms with E-state index in [0.717, 1.165) is 20.6 Å². The Balaban J connectivity index is 2.20. The summed E-state index contributed by atoms with van der Waals surface area (Å²) < 4.78 is 26.1. The third-order valence-corrected chi connectivity index (χ3v) is 4.85. The van der Waals surface area contributed by atoms with Crippen molar-refractivity contribution in [2.45, 2.75) is 6.92 Å². The van der Waals surface area contributed by atoms with Gasteiger partial charge in [0, 0.05) is 10.2 Å². The molecule has 7 heteroatoms. The molecule has 2 rings (SSSR count). The number of rotatable bonds is 5. The van der Waals surface area contributed by atoms with Gasteiger partial charge >= 0.3 is 0 Å². The van der Waals surface area contributed by atoms with Crippen molar-refractivity contribution < 1.29 is 13.2 Å². The summed E-state index contributed by atoms with van der Waals surface area (Å²) in [5, 5.41) is 2.70. The minimum atomic E-state index is -3.57. The van der Waals surface area contributed by atoms with E-state index in [1.807, 2.05) is 6.07 Å². The Labute approximate surface area is 144 Å². The maximum Gasteiger partial charge on any atom is 0.245 e. The topological polar surface area (TPSA) is 66.5 Å². The number of hydrogen-bond acceptors (Lipinski definition) is 3. The smallest absolute Gasteiger partial charge is 0.245 e. The van der Waals surface area contributed by atoms with Crippen LogP contribution in [0, 0.1) is 6.92 Å². The average Bonchev–Trinajstić information content (AvgIpc) is 2.47. The van der Waals surface area contributed by atoms with Gasteiger partial charge in [-0.05, 0) is 42.8 Å². The van der Waals surface area contributed by atoms with Crippen molar-refractivity contribution in [1.29, 1.82) is 0 Å². The van der Waals surface area contributed by atoms with Gasteiger partial charge in [-0.3, -0.25) is 9.10 Å². The van der Waals surface area contributed by atoms with Crippen LogP contribution in [0.4, 0.5) is 11.4 Å². The molecule has 0 radical (unpaired) electrons. The van der Waals surface area contributed by atoms with E-state index in [4.69, 9.17) is 0 Å². The molecule has 0 saturated carbocycles. The number of aryl methyl sites for hydroxylation is 1. The summed E-state index contributed by atoms with van der Waals surface area (Å²) in [6.07, 6.45) is 1.09. The Morgan fingerprint density at radius 3 is 2.30 bits per heavy atom. The lowest BCUT2D eigenvalue weighted by Crippen LogP contribution is -2.37. The SMILES string of the molecule is Cc1ccccc1N(CC(=O)Nc1ccc(Br)cc1)S(C)(=O)=O. The molecule has 122 valence electrons. The van der Waals surface area contributed by atoms with E-state index in [-0.39, 0.29) is 6.54 Å². The van der Waals surface area contributed by atoms with E-state index in [2.05, 4.69) is 21.2 Å². The second-order valence-corrected chi connectivity index (χ2v) is 7.93. The van der Waals surface area contributed by atoms with Gasteiger partial charge in [-0.1, -0.05) is 34.1 Å². The fourth-order valence-corrected chi connectivity index (χ4v) is 3.27. The second kappa shape index (κ2) is 7.14. The van der Waals surface area contributed by atoms with Crippen molar-refractivity contribution in [3.05, 3.63) is 58.6 Å². The van der Waals surface area contributed by atoms with Crippen LogP contribution >= 0.6 is 15.9 Å². The number of nitrogens with one attached hydrogen (secondary N) is 1. The third-order valence-electron chi connectivity index (χ3n) is 3.20. The number of para-hydroxylation sites is 1. The van der Waals surface area contributed by atoms with E-state index in [0.29, 0.717) is 11.4 Å². The first-order chi connectivity index (χ1) is 10.8. The monoisotopic (exact) mass is 396 g/mol. The molecular formula is C16H17BrN2O3S. The highest BCUT2D eigenvalue weighted by Crippen LogP contribution is 2.22. The molecule has 23 heavy (non-hydrogen) atoms. The maximum absolute atomic E-state index is 12.2. The van der Waals surface area contributed by atoms with Crippen LogP contribution in [0.3, 0.4) is 0 Å². The molecule has 1 N–H and O–H groups in total. The molecule has 0 bridgehead atoms. The fourth-order valence-electron chi connectivity index (χ4n) is 2.09. The molecular weight excluding hydrogens is 380 g/mol. The zero-order valence-electron chi connectivity index (χ0n) is 12.8. The minimum absolute atomic E-state index is 0.278. The van der Waals surface area contributed by atoms with Gasteiger partial charge < -0.3 is 5.32 Å². The van der Waals surface area contributed by atoms with Crippen LogP contribution in [0.5, 0.6) is 0 Å². The van der Waals surface area contributed by atoms with Crippen molar-refractivity contribution in [3.63, 3.8) is 0 Å². The average molecular weight is 397 g/mol. The lowest BCUT2D eigenvalue weighted by Gasteiger charge is -2.23. The summed E-state index contributed by atoms with van der Waals surface area (Å²) in [6.45, 7) is 1.53. The molecule has 2 aromatic rings. The number of hydrogen-bond donors (Lipinski definition) is 1. The largest absolute Gasteiger partial charge is 0.325 e. The van der Waals surface area contributed by atoms with Gasteiger partial charge in [0.25, 0.3) is 0 Å². The first-order valence-corrected chi connectivity index (χ1v) is 9.50. The lowest BCUT2D eigenvalue weighted by molar-refractivity contribution is -0.114. The molecule has 0 spiro atoms. The van der Waals surface area contributed by atoms with Gasteiger partial charge in [-0.15, -0.1) is 0 Å². The van der Waals surface area contributed by atoms with E-state index in [1.165, 1.54) is 0 Å². The van der Waals surface area contributed by atoms with E-state index < -0.39 is 15.9 Å². The van der Waals surface area contributed by atoms with Gasteiger partial charge in [0.15, 0.2) is 0 Å². The first-order valence-electron chi connectivity index (χ1n) is 6.86. The Morgan fingerprint density at radius 1 is 1.13 bits per heavy atom. The maximum atomic E-state index is 12.2. The molecule has 0 fully saturated rings. The Hall–Kier alpha value is -1.86. The van der Waals surface area contributed by atoms with Crippen LogP contribution in [0.15, 0.2) is 53.0 Å². The van der Waals surface area contributed by atoms with Gasteiger partial charge in [0.05, 0.1) is 11.9 Å². The van der Waals surface area contributed by atoms with Crippen LogP contribution < -0.4 is 9.62 Å². The number of nitrogens with zero attached hydrogens (tertiary/aromatic N) is 1. The highest BCUT2D eigenvalue weighted by atomic mass is 79.9. The first kappa shape index (κ1) is 17.5. The number of carbonyl (C=O) groups excluding carboxylic acids is 1. The molecule has 0 heterocycles. The molecule has 0 aliphatic carbocycles. The Morgan fingerprint density at radius 2 is 1.74 bits per heavy atom. The minimum Gasteiger partial charge on any atom is -0.325 e. The van der Waals surface area contributed by atoms with Crippen molar-refractivity contribution in [2.24, 2.45) is 0 Å². The Kier molecular flexibility index (Phi) is 5.43. The van der Waals surface area contributed by atoms with Crippen molar-refractivity contribution in [1.82, 2.24) is 0 Å². The predicted octanol–water partition coefficient (Wildman–Crippen LogP) is 3.16. The summed E-state index contributed by atoms with van der Waals surface area (Å²) in [5.74, 6) is -0.402. The van der Waals surface area contributed by atoms with E-state index in [1.54, 1.807) is 49.4 Å². The molecule has 0 aliphatic heterocycles. The normalized spacial score (nSPS) is 11.1. The standard InChI is InChI=1S/C16H17BrN2O3S/c1-12-5-3-4-6-15(12)19(23(2,21)22)11-16(20)18-14-9-7-13(17)8-10-14/h3-10H,11H2,1-2H3,(H,18,20). The van der Waals surface area contributed by atoms with Crippen molar-refractivity contribution in [2.75, 3.05) is 22.4 Å². The van der Waals surface area contributed by atoms with Crippen molar-refractivity contribution >= 4 is 43.2 Å². The second-order valence-electron chi connectivity index (χ2n) is 5.11. The summed E-state index contributed by atoms with van der Waals surface area (Å²) in [7, 11) is -3.57. The zero-order valence-corrected chi connectivity index (χ0v) is 15.2. The summed E-state index contributed by atoms with van der Waals surface area (Å²) in [6, 6.07) is 14.1. The van der Waals surface area contributed by atoms with E-state index >= 15 is 0 Å². The summed E-state index contributed by atoms with van der Waals surface area (Å²) in [4.78, 5) is 12.2. The third kappa shape index (κ3) is 4.80. The van der Waals surface area contributed by atoms with Crippen LogP contribution in [-0.2, 0) is 14.8 Å². The molecule has 2 aromatic carbocycles. The van der Waals surface area contributed by atoms with Gasteiger partial charge in [-0.2, -0.15) is 0 Å². The Bertz CT molecular complexity index is 804. The molecule has 1 amide bonds. The number of sulfonamides is 1. The molecule has 0 saturated heterocycles. The van der Waals surface area contributed by atoms with Gasteiger partial charge in [-0.25, -0.2) is 8.42 Å². The number of carbonyl (C=O) groups is 1. The number of halogens is 1. The van der Waals surface area contributed by atoms with Gasteiger partial charge in [0.2, 0.25) is 15.9 Å². The predicted molar refractivity (Wildman–Crippen MR) is 96.1 cm³/mol. The molecule has 0 aromatic heterocycles. The quantitative estimate of drug-likeness (QED) is 0.843. The van der Waals surface area contributed by atoms with Crippen LogP contribution in [0.2, 0.25) is 0 Å². The fraction of sp³-hybridized carbons (Fsp3) is 0.188. The number of anilines is 2. The molecule has 0 aliphatic rings. The van der Waals surface area contributed by atoms with Gasteiger partial charge in [0.1, 0.15) is 6.54 Å².